The molecule has 4 nitrogen and oxygen atoms in total. The van der Waals surface area contributed by atoms with Gasteiger partial charge in [0.25, 0.3) is 0 Å². The fourth-order valence-electron chi connectivity index (χ4n) is 2.88. The van der Waals surface area contributed by atoms with Crippen LogP contribution in [0, 0.1) is 0 Å². The minimum atomic E-state index is -3.42. The molecule has 2 rings (SSSR count). The Kier molecular flexibility index (Phi) is 4.52. The molecule has 0 saturated carbocycles. The van der Waals surface area contributed by atoms with Crippen LogP contribution in [0.2, 0.25) is 0 Å². The quantitative estimate of drug-likeness (QED) is 0.782. The zero-order valence-corrected chi connectivity index (χ0v) is 14.0. The Morgan fingerprint density at radius 2 is 2.10 bits per heavy atom. The second kappa shape index (κ2) is 5.70. The minimum absolute atomic E-state index is 0.299. The van der Waals surface area contributed by atoms with Crippen LogP contribution in [0.4, 0.5) is 0 Å². The summed E-state index contributed by atoms with van der Waals surface area (Å²) in [6.45, 7) is 7.44. The molecular formula is C14H23ClN2O2S. The lowest BCUT2D eigenvalue weighted by molar-refractivity contribution is 0.291. The molecule has 0 amide bonds. The number of aromatic nitrogens is 1. The number of nitrogens with zero attached hydrogens (tertiary/aromatic N) is 2. The molecule has 6 heteroatoms. The highest BCUT2D eigenvalue weighted by Gasteiger charge is 2.41. The van der Waals surface area contributed by atoms with Gasteiger partial charge < -0.3 is 4.57 Å². The molecule has 1 fully saturated rings. The molecule has 0 aliphatic carbocycles. The maximum atomic E-state index is 12.8. The predicted octanol–water partition coefficient (Wildman–Crippen LogP) is 3.20. The normalized spacial score (nSPS) is 19.6. The van der Waals surface area contributed by atoms with Crippen LogP contribution in [-0.2, 0) is 22.4 Å². The Labute approximate surface area is 126 Å². The molecule has 0 N–H and O–H groups in total. The fourth-order valence-corrected chi connectivity index (χ4v) is 5.02. The first-order chi connectivity index (χ1) is 9.32. The maximum Gasteiger partial charge on any atom is 0.245 e. The van der Waals surface area contributed by atoms with E-state index in [1.165, 1.54) is 0 Å². The van der Waals surface area contributed by atoms with Crippen LogP contribution >= 0.6 is 11.6 Å². The summed E-state index contributed by atoms with van der Waals surface area (Å²) in [7, 11) is -3.42. The lowest BCUT2D eigenvalue weighted by Crippen LogP contribution is -2.42. The lowest BCUT2D eigenvalue weighted by atomic mass is 10.0. The average molecular weight is 319 g/mol. The van der Waals surface area contributed by atoms with Gasteiger partial charge in [-0.2, -0.15) is 4.31 Å². The van der Waals surface area contributed by atoms with E-state index in [-0.39, 0.29) is 5.54 Å². The van der Waals surface area contributed by atoms with E-state index in [0.717, 1.165) is 31.5 Å². The standard InChI is InChI=1S/C14H23ClN2O2S/c1-4-7-16-11-13(9-12(16)10-15)20(18,19)17-8-5-6-14(17,2)3/h9,11H,4-8,10H2,1-3H3. The third-order valence-corrected chi connectivity index (χ3v) is 6.33. The molecule has 0 unspecified atom stereocenters. The summed E-state index contributed by atoms with van der Waals surface area (Å²) in [6.07, 6.45) is 4.51. The van der Waals surface area contributed by atoms with Gasteiger partial charge in [0.15, 0.2) is 0 Å². The van der Waals surface area contributed by atoms with Gasteiger partial charge in [0, 0.05) is 30.5 Å². The van der Waals surface area contributed by atoms with Crippen molar-refractivity contribution < 1.29 is 8.42 Å². The van der Waals surface area contributed by atoms with E-state index in [0.29, 0.717) is 17.3 Å². The molecule has 2 heterocycles. The number of hydrogen-bond acceptors (Lipinski definition) is 2. The highest BCUT2D eigenvalue weighted by Crippen LogP contribution is 2.34. The van der Waals surface area contributed by atoms with Gasteiger partial charge in [0.2, 0.25) is 10.0 Å². The van der Waals surface area contributed by atoms with E-state index in [9.17, 15) is 8.42 Å². The van der Waals surface area contributed by atoms with Crippen molar-refractivity contribution in [1.29, 1.82) is 0 Å². The molecule has 0 spiro atoms. The fraction of sp³-hybridized carbons (Fsp3) is 0.714. The second-order valence-electron chi connectivity index (χ2n) is 5.99. The molecule has 1 aliphatic heterocycles. The smallest absolute Gasteiger partial charge is 0.245 e. The largest absolute Gasteiger partial charge is 0.349 e. The Hall–Kier alpha value is -0.520. The first-order valence-electron chi connectivity index (χ1n) is 7.11. The van der Waals surface area contributed by atoms with Gasteiger partial charge in [0.1, 0.15) is 4.90 Å². The van der Waals surface area contributed by atoms with Gasteiger partial charge in [-0.15, -0.1) is 11.6 Å². The molecule has 20 heavy (non-hydrogen) atoms. The van der Waals surface area contributed by atoms with Gasteiger partial charge >= 0.3 is 0 Å². The molecule has 0 aromatic carbocycles. The predicted molar refractivity (Wildman–Crippen MR) is 81.5 cm³/mol. The highest BCUT2D eigenvalue weighted by molar-refractivity contribution is 7.89. The van der Waals surface area contributed by atoms with E-state index in [4.69, 9.17) is 11.6 Å². The van der Waals surface area contributed by atoms with Crippen LogP contribution in [0.25, 0.3) is 0 Å². The monoisotopic (exact) mass is 318 g/mol. The molecule has 114 valence electrons. The van der Waals surface area contributed by atoms with Crippen LogP contribution in [0.1, 0.15) is 45.7 Å². The third-order valence-electron chi connectivity index (χ3n) is 3.98. The van der Waals surface area contributed by atoms with Gasteiger partial charge in [0.05, 0.1) is 5.88 Å². The number of alkyl halides is 1. The molecule has 0 atom stereocenters. The van der Waals surface area contributed by atoms with Crippen molar-refractivity contribution in [3.05, 3.63) is 18.0 Å². The van der Waals surface area contributed by atoms with Crippen LogP contribution < -0.4 is 0 Å². The van der Waals surface area contributed by atoms with Crippen LogP contribution in [0.3, 0.4) is 0 Å². The summed E-state index contributed by atoms with van der Waals surface area (Å²) < 4.78 is 29.2. The van der Waals surface area contributed by atoms with Gasteiger partial charge in [-0.3, -0.25) is 0 Å². The topological polar surface area (TPSA) is 42.3 Å². The van der Waals surface area contributed by atoms with Crippen molar-refractivity contribution in [2.75, 3.05) is 6.54 Å². The van der Waals surface area contributed by atoms with Crippen LogP contribution in [-0.4, -0.2) is 29.4 Å². The Balaban J connectivity index is 2.39. The van der Waals surface area contributed by atoms with Crippen molar-refractivity contribution >= 4 is 21.6 Å². The van der Waals surface area contributed by atoms with E-state index >= 15 is 0 Å². The Morgan fingerprint density at radius 3 is 2.60 bits per heavy atom. The number of halogens is 1. The van der Waals surface area contributed by atoms with Gasteiger partial charge in [-0.25, -0.2) is 8.42 Å². The molecule has 1 aliphatic rings. The first kappa shape index (κ1) is 15.9. The van der Waals surface area contributed by atoms with Crippen molar-refractivity contribution in [1.82, 2.24) is 8.87 Å². The van der Waals surface area contributed by atoms with Crippen LogP contribution in [0.15, 0.2) is 17.2 Å². The summed E-state index contributed by atoms with van der Waals surface area (Å²) in [4.78, 5) is 0.372. The minimum Gasteiger partial charge on any atom is -0.349 e. The van der Waals surface area contributed by atoms with Crippen molar-refractivity contribution in [2.24, 2.45) is 0 Å². The summed E-state index contributed by atoms with van der Waals surface area (Å²) in [6, 6.07) is 1.71. The van der Waals surface area contributed by atoms with Crippen molar-refractivity contribution in [2.45, 2.75) is 62.9 Å². The molecule has 1 aromatic rings. The van der Waals surface area contributed by atoms with Crippen LogP contribution in [0.5, 0.6) is 0 Å². The average Bonchev–Trinajstić information content (AvgIpc) is 2.93. The Bertz CT molecular complexity index is 578. The first-order valence-corrected chi connectivity index (χ1v) is 9.08. The van der Waals surface area contributed by atoms with E-state index in [2.05, 4.69) is 6.92 Å². The van der Waals surface area contributed by atoms with E-state index in [1.807, 2.05) is 18.4 Å². The molecule has 0 bridgehead atoms. The number of aryl methyl sites for hydroxylation is 1. The van der Waals surface area contributed by atoms with Gasteiger partial charge in [-0.1, -0.05) is 6.92 Å². The second-order valence-corrected chi connectivity index (χ2v) is 8.12. The summed E-state index contributed by atoms with van der Waals surface area (Å²) >= 11 is 5.92. The molecule has 1 saturated heterocycles. The van der Waals surface area contributed by atoms with Crippen molar-refractivity contribution in [3.8, 4) is 0 Å². The number of hydrogen-bond donors (Lipinski definition) is 0. The van der Waals surface area contributed by atoms with E-state index in [1.54, 1.807) is 16.6 Å². The summed E-state index contributed by atoms with van der Waals surface area (Å²) in [5.74, 6) is 0.332. The van der Waals surface area contributed by atoms with Crippen molar-refractivity contribution in [3.63, 3.8) is 0 Å². The molecule has 0 radical (unpaired) electrons. The zero-order valence-electron chi connectivity index (χ0n) is 12.4. The third kappa shape index (κ3) is 2.76. The number of rotatable bonds is 5. The highest BCUT2D eigenvalue weighted by atomic mass is 35.5. The summed E-state index contributed by atoms with van der Waals surface area (Å²) in [5, 5.41) is 0. The number of sulfonamides is 1. The van der Waals surface area contributed by atoms with E-state index < -0.39 is 10.0 Å². The molecule has 1 aromatic heterocycles. The van der Waals surface area contributed by atoms with Gasteiger partial charge in [-0.05, 0) is 39.2 Å². The lowest BCUT2D eigenvalue weighted by Gasteiger charge is -2.30. The maximum absolute atomic E-state index is 12.8. The SMILES string of the molecule is CCCn1cc(S(=O)(=O)N2CCCC2(C)C)cc1CCl. The molecular weight excluding hydrogens is 296 g/mol. The summed E-state index contributed by atoms with van der Waals surface area (Å²) in [5.41, 5.74) is 0.566. The zero-order chi connectivity index (χ0) is 15.0. The Morgan fingerprint density at radius 1 is 1.40 bits per heavy atom.